The number of nitrogens with two attached hydrogens (primary N) is 1. The molecule has 4 N–H and O–H groups in total. The van der Waals surface area contributed by atoms with Crippen molar-refractivity contribution in [3.05, 3.63) is 11.4 Å². The summed E-state index contributed by atoms with van der Waals surface area (Å²) in [5.41, 5.74) is 9.99. The average Bonchev–Trinajstić information content (AvgIpc) is 2.28. The Balaban J connectivity index is 2.19. The number of hydrogen-bond acceptors (Lipinski definition) is 4. The third-order valence-electron chi connectivity index (χ3n) is 2.74. The van der Waals surface area contributed by atoms with Crippen molar-refractivity contribution in [2.45, 2.75) is 31.4 Å². The largest absolute Gasteiger partial charge is 0.393 e. The number of rotatable bonds is 0. The number of aliphatic hydroxyl groups excluding tert-OH is 1. The number of aliphatic hydroxyl groups is 1. The standard InChI is InChI=1S/C8H15N3O/c1-11-7-3-2-5(12)4-6(7)8(9)10-11/h5,7,10,12H,2-4,9H2,1H3/t5-,7?/m1/s1. The Morgan fingerprint density at radius 2 is 2.33 bits per heavy atom. The lowest BCUT2D eigenvalue weighted by Gasteiger charge is -2.28. The van der Waals surface area contributed by atoms with Gasteiger partial charge in [-0.15, -0.1) is 0 Å². The zero-order chi connectivity index (χ0) is 8.72. The number of nitrogens with one attached hydrogen (secondary N) is 1. The van der Waals surface area contributed by atoms with E-state index in [0.29, 0.717) is 6.04 Å². The first kappa shape index (κ1) is 7.89. The number of hydrazine groups is 1. The summed E-state index contributed by atoms with van der Waals surface area (Å²) >= 11 is 0. The van der Waals surface area contributed by atoms with Crippen molar-refractivity contribution in [3.8, 4) is 0 Å². The van der Waals surface area contributed by atoms with Gasteiger partial charge in [-0.1, -0.05) is 0 Å². The number of hydrogen-bond donors (Lipinski definition) is 3. The Morgan fingerprint density at radius 3 is 3.08 bits per heavy atom. The van der Waals surface area contributed by atoms with Crippen LogP contribution in [0.15, 0.2) is 11.4 Å². The zero-order valence-corrected chi connectivity index (χ0v) is 7.25. The fourth-order valence-electron chi connectivity index (χ4n) is 2.07. The molecule has 4 nitrogen and oxygen atoms in total. The van der Waals surface area contributed by atoms with Crippen molar-refractivity contribution in [2.24, 2.45) is 5.73 Å². The van der Waals surface area contributed by atoms with E-state index >= 15 is 0 Å². The molecule has 1 saturated carbocycles. The predicted molar refractivity (Wildman–Crippen MR) is 45.8 cm³/mol. The van der Waals surface area contributed by atoms with Crippen LogP contribution in [0.1, 0.15) is 19.3 Å². The Labute approximate surface area is 72.0 Å². The summed E-state index contributed by atoms with van der Waals surface area (Å²) in [5.74, 6) is 0.737. The van der Waals surface area contributed by atoms with Crippen LogP contribution in [-0.2, 0) is 0 Å². The minimum atomic E-state index is -0.192. The molecule has 68 valence electrons. The highest BCUT2D eigenvalue weighted by atomic mass is 16.3. The van der Waals surface area contributed by atoms with Gasteiger partial charge >= 0.3 is 0 Å². The lowest BCUT2D eigenvalue weighted by Crippen LogP contribution is -2.38. The van der Waals surface area contributed by atoms with E-state index in [4.69, 9.17) is 5.73 Å². The van der Waals surface area contributed by atoms with Gasteiger partial charge in [0.05, 0.1) is 12.1 Å². The molecule has 1 unspecified atom stereocenters. The van der Waals surface area contributed by atoms with Gasteiger partial charge < -0.3 is 16.3 Å². The lowest BCUT2D eigenvalue weighted by atomic mass is 9.89. The molecule has 0 radical (unpaired) electrons. The second-order valence-electron chi connectivity index (χ2n) is 3.61. The Kier molecular flexibility index (Phi) is 1.73. The summed E-state index contributed by atoms with van der Waals surface area (Å²) in [6.07, 6.45) is 2.42. The number of nitrogens with zero attached hydrogens (tertiary/aromatic N) is 1. The maximum atomic E-state index is 9.42. The maximum Gasteiger partial charge on any atom is 0.112 e. The quantitative estimate of drug-likeness (QED) is 0.458. The van der Waals surface area contributed by atoms with Crippen LogP contribution in [-0.4, -0.2) is 29.3 Å². The molecular formula is C8H15N3O. The van der Waals surface area contributed by atoms with Gasteiger partial charge in [0, 0.05) is 7.05 Å². The molecule has 1 fully saturated rings. The summed E-state index contributed by atoms with van der Waals surface area (Å²) in [7, 11) is 1.99. The first-order chi connectivity index (χ1) is 5.68. The molecular weight excluding hydrogens is 154 g/mol. The van der Waals surface area contributed by atoms with E-state index in [1.54, 1.807) is 0 Å². The van der Waals surface area contributed by atoms with Crippen molar-refractivity contribution >= 4 is 0 Å². The average molecular weight is 169 g/mol. The van der Waals surface area contributed by atoms with E-state index in [1.165, 1.54) is 5.57 Å². The first-order valence-corrected chi connectivity index (χ1v) is 4.34. The van der Waals surface area contributed by atoms with Gasteiger partial charge in [-0.2, -0.15) is 0 Å². The van der Waals surface area contributed by atoms with Crippen LogP contribution >= 0.6 is 0 Å². The monoisotopic (exact) mass is 169 g/mol. The minimum Gasteiger partial charge on any atom is -0.393 e. The summed E-state index contributed by atoms with van der Waals surface area (Å²) in [4.78, 5) is 0. The Bertz CT molecular complexity index is 226. The van der Waals surface area contributed by atoms with Crippen LogP contribution in [0.2, 0.25) is 0 Å². The fraction of sp³-hybridized carbons (Fsp3) is 0.750. The normalized spacial score (nSPS) is 36.5. The van der Waals surface area contributed by atoms with E-state index in [1.807, 2.05) is 12.1 Å². The highest BCUT2D eigenvalue weighted by molar-refractivity contribution is 5.23. The molecule has 2 rings (SSSR count). The second kappa shape index (κ2) is 2.64. The van der Waals surface area contributed by atoms with Crippen molar-refractivity contribution in [2.75, 3.05) is 7.05 Å². The van der Waals surface area contributed by atoms with Gasteiger partial charge in [0.15, 0.2) is 0 Å². The van der Waals surface area contributed by atoms with Gasteiger partial charge in [0.1, 0.15) is 5.82 Å². The van der Waals surface area contributed by atoms with Gasteiger partial charge in [-0.05, 0) is 24.8 Å². The molecule has 1 aliphatic heterocycles. The molecule has 1 heterocycles. The maximum absolute atomic E-state index is 9.42. The molecule has 0 aromatic rings. The summed E-state index contributed by atoms with van der Waals surface area (Å²) < 4.78 is 0. The lowest BCUT2D eigenvalue weighted by molar-refractivity contribution is 0.118. The molecule has 0 spiro atoms. The van der Waals surface area contributed by atoms with E-state index in [-0.39, 0.29) is 6.10 Å². The summed E-state index contributed by atoms with van der Waals surface area (Å²) in [5, 5.41) is 11.4. The predicted octanol–water partition coefficient (Wildman–Crippen LogP) is -0.480. The van der Waals surface area contributed by atoms with E-state index < -0.39 is 0 Å². The topological polar surface area (TPSA) is 61.5 Å². The second-order valence-corrected chi connectivity index (χ2v) is 3.61. The molecule has 0 amide bonds. The van der Waals surface area contributed by atoms with Gasteiger partial charge in [0.2, 0.25) is 0 Å². The Morgan fingerprint density at radius 1 is 1.58 bits per heavy atom. The van der Waals surface area contributed by atoms with Gasteiger partial charge in [0.25, 0.3) is 0 Å². The van der Waals surface area contributed by atoms with Crippen molar-refractivity contribution < 1.29 is 5.11 Å². The van der Waals surface area contributed by atoms with Crippen LogP contribution in [0.5, 0.6) is 0 Å². The zero-order valence-electron chi connectivity index (χ0n) is 7.25. The number of likely N-dealkylation sites (N-methyl/N-ethyl adjacent to an activating group) is 1. The SMILES string of the molecule is CN1NC(N)=C2C[C@H](O)CCC21. The minimum absolute atomic E-state index is 0.192. The fourth-order valence-corrected chi connectivity index (χ4v) is 2.07. The molecule has 2 atom stereocenters. The van der Waals surface area contributed by atoms with Crippen LogP contribution in [0.3, 0.4) is 0 Å². The first-order valence-electron chi connectivity index (χ1n) is 4.34. The van der Waals surface area contributed by atoms with Crippen LogP contribution in [0.4, 0.5) is 0 Å². The molecule has 4 heteroatoms. The third kappa shape index (κ3) is 1.07. The highest BCUT2D eigenvalue weighted by Gasteiger charge is 2.33. The van der Waals surface area contributed by atoms with Crippen molar-refractivity contribution in [3.63, 3.8) is 0 Å². The molecule has 1 aliphatic carbocycles. The molecule has 2 aliphatic rings. The molecule has 0 aromatic carbocycles. The third-order valence-corrected chi connectivity index (χ3v) is 2.74. The van der Waals surface area contributed by atoms with Crippen molar-refractivity contribution in [1.82, 2.24) is 10.4 Å². The van der Waals surface area contributed by atoms with Crippen LogP contribution in [0.25, 0.3) is 0 Å². The number of fused-ring (bicyclic) bond motifs is 1. The van der Waals surface area contributed by atoms with E-state index in [2.05, 4.69) is 5.43 Å². The van der Waals surface area contributed by atoms with Crippen LogP contribution < -0.4 is 11.2 Å². The Hall–Kier alpha value is -0.740. The van der Waals surface area contributed by atoms with Gasteiger partial charge in [-0.25, -0.2) is 5.01 Å². The molecule has 0 aromatic heterocycles. The van der Waals surface area contributed by atoms with Crippen molar-refractivity contribution in [1.29, 1.82) is 0 Å². The summed E-state index contributed by atoms with van der Waals surface area (Å²) in [6, 6.07) is 0.411. The molecule has 0 saturated heterocycles. The highest BCUT2D eigenvalue weighted by Crippen LogP contribution is 2.30. The van der Waals surface area contributed by atoms with E-state index in [0.717, 1.165) is 25.1 Å². The summed E-state index contributed by atoms with van der Waals surface area (Å²) in [6.45, 7) is 0. The van der Waals surface area contributed by atoms with E-state index in [9.17, 15) is 5.11 Å². The van der Waals surface area contributed by atoms with Gasteiger partial charge in [-0.3, -0.25) is 0 Å². The smallest absolute Gasteiger partial charge is 0.112 e. The van der Waals surface area contributed by atoms with Crippen LogP contribution in [0, 0.1) is 0 Å². The molecule has 12 heavy (non-hydrogen) atoms. The molecule has 0 bridgehead atoms.